The van der Waals surface area contributed by atoms with E-state index < -0.39 is 5.97 Å². The maximum absolute atomic E-state index is 12.4. The van der Waals surface area contributed by atoms with Gasteiger partial charge in [-0.25, -0.2) is 0 Å². The molecule has 0 saturated heterocycles. The molecule has 2 aliphatic rings. The van der Waals surface area contributed by atoms with Crippen LogP contribution in [0.1, 0.15) is 51.4 Å². The minimum atomic E-state index is -0.921. The summed E-state index contributed by atoms with van der Waals surface area (Å²) >= 11 is 0. The summed E-state index contributed by atoms with van der Waals surface area (Å²) in [5.41, 5.74) is 5.74. The topological polar surface area (TPSA) is 83.6 Å². The molecule has 108 valence electrons. The fraction of sp³-hybridized carbons (Fsp3) is 0.857. The number of aliphatic carboxylic acids is 1. The van der Waals surface area contributed by atoms with E-state index in [2.05, 4.69) is 0 Å². The fourth-order valence-corrected chi connectivity index (χ4v) is 3.33. The van der Waals surface area contributed by atoms with E-state index >= 15 is 0 Å². The highest BCUT2D eigenvalue weighted by molar-refractivity contribution is 5.82. The van der Waals surface area contributed by atoms with Crippen molar-refractivity contribution in [1.29, 1.82) is 0 Å². The molecule has 0 spiro atoms. The number of nitrogens with two attached hydrogens (primary N) is 1. The van der Waals surface area contributed by atoms with E-state index in [1.165, 1.54) is 0 Å². The second-order valence-corrected chi connectivity index (χ2v) is 6.09. The maximum atomic E-state index is 12.4. The zero-order chi connectivity index (χ0) is 13.9. The number of hydrogen-bond acceptors (Lipinski definition) is 3. The van der Waals surface area contributed by atoms with Gasteiger partial charge in [0, 0.05) is 12.5 Å². The Morgan fingerprint density at radius 3 is 2.26 bits per heavy atom. The van der Waals surface area contributed by atoms with Crippen LogP contribution >= 0.6 is 0 Å². The van der Waals surface area contributed by atoms with Crippen LogP contribution in [-0.4, -0.2) is 41.0 Å². The molecular weight excluding hydrogens is 244 g/mol. The van der Waals surface area contributed by atoms with Gasteiger partial charge in [0.05, 0.1) is 0 Å². The van der Waals surface area contributed by atoms with Crippen LogP contribution in [0.25, 0.3) is 0 Å². The number of carbonyl (C=O) groups excluding carboxylic acids is 1. The summed E-state index contributed by atoms with van der Waals surface area (Å²) < 4.78 is 0. The lowest BCUT2D eigenvalue weighted by molar-refractivity contribution is -0.148. The van der Waals surface area contributed by atoms with Crippen molar-refractivity contribution in [1.82, 2.24) is 4.90 Å². The molecule has 0 unspecified atom stereocenters. The lowest BCUT2D eigenvalue weighted by atomic mass is 9.66. The van der Waals surface area contributed by atoms with E-state index in [-0.39, 0.29) is 23.9 Å². The van der Waals surface area contributed by atoms with E-state index in [9.17, 15) is 9.59 Å². The predicted molar refractivity (Wildman–Crippen MR) is 71.6 cm³/mol. The van der Waals surface area contributed by atoms with Crippen molar-refractivity contribution < 1.29 is 14.7 Å². The van der Waals surface area contributed by atoms with Gasteiger partial charge in [-0.2, -0.15) is 0 Å². The third kappa shape index (κ3) is 3.26. The number of carboxylic acid groups (broad SMARTS) is 1. The Hall–Kier alpha value is -1.10. The van der Waals surface area contributed by atoms with Crippen molar-refractivity contribution in [3.05, 3.63) is 0 Å². The highest BCUT2D eigenvalue weighted by Crippen LogP contribution is 2.43. The molecular formula is C14H24N2O3. The Morgan fingerprint density at radius 1 is 1.21 bits per heavy atom. The molecule has 3 N–H and O–H groups in total. The first-order valence-corrected chi connectivity index (χ1v) is 7.28. The molecule has 0 aromatic rings. The van der Waals surface area contributed by atoms with Gasteiger partial charge < -0.3 is 15.7 Å². The zero-order valence-corrected chi connectivity index (χ0v) is 11.4. The normalized spacial score (nSPS) is 21.9. The first kappa shape index (κ1) is 14.3. The molecule has 0 radical (unpaired) electrons. The van der Waals surface area contributed by atoms with E-state index in [1.54, 1.807) is 4.90 Å². The number of rotatable bonds is 6. The van der Waals surface area contributed by atoms with E-state index in [1.807, 2.05) is 0 Å². The minimum Gasteiger partial charge on any atom is -0.480 e. The molecule has 0 aromatic carbocycles. The van der Waals surface area contributed by atoms with Crippen LogP contribution in [0.15, 0.2) is 0 Å². The van der Waals surface area contributed by atoms with Gasteiger partial charge in [0.1, 0.15) is 6.54 Å². The van der Waals surface area contributed by atoms with Gasteiger partial charge in [0.15, 0.2) is 0 Å². The van der Waals surface area contributed by atoms with Crippen LogP contribution in [0.3, 0.4) is 0 Å². The molecule has 0 bridgehead atoms. The SMILES string of the molecule is NCC1(CC(=O)N(CC(=O)O)C2CCCC2)CCC1. The molecule has 0 heterocycles. The van der Waals surface area contributed by atoms with E-state index in [4.69, 9.17) is 10.8 Å². The smallest absolute Gasteiger partial charge is 0.323 e. The average molecular weight is 268 g/mol. The predicted octanol–water partition coefficient (Wildman–Crippen LogP) is 1.36. The first-order chi connectivity index (χ1) is 9.06. The summed E-state index contributed by atoms with van der Waals surface area (Å²) in [4.78, 5) is 25.0. The van der Waals surface area contributed by atoms with Crippen molar-refractivity contribution in [3.8, 4) is 0 Å². The van der Waals surface area contributed by atoms with Gasteiger partial charge in [-0.05, 0) is 37.6 Å². The minimum absolute atomic E-state index is 0.0144. The molecule has 2 saturated carbocycles. The Labute approximate surface area is 114 Å². The quantitative estimate of drug-likeness (QED) is 0.762. The molecule has 2 fully saturated rings. The summed E-state index contributed by atoms with van der Waals surface area (Å²) in [6.45, 7) is 0.370. The summed E-state index contributed by atoms with van der Waals surface area (Å²) in [6, 6.07) is 0.124. The van der Waals surface area contributed by atoms with Crippen LogP contribution in [0.5, 0.6) is 0 Å². The lowest BCUT2D eigenvalue weighted by Crippen LogP contribution is -2.47. The standard InChI is InChI=1S/C14H24N2O3/c15-10-14(6-3-7-14)8-12(17)16(9-13(18)19)11-4-1-2-5-11/h11H,1-10,15H2,(H,18,19). The molecule has 2 aliphatic carbocycles. The third-order valence-electron chi connectivity index (χ3n) is 4.76. The molecule has 19 heavy (non-hydrogen) atoms. The zero-order valence-electron chi connectivity index (χ0n) is 11.4. The highest BCUT2D eigenvalue weighted by atomic mass is 16.4. The molecule has 0 aliphatic heterocycles. The second kappa shape index (κ2) is 5.90. The fourth-order valence-electron chi connectivity index (χ4n) is 3.33. The molecule has 0 atom stereocenters. The number of amides is 1. The van der Waals surface area contributed by atoms with Gasteiger partial charge in [0.2, 0.25) is 5.91 Å². The maximum Gasteiger partial charge on any atom is 0.323 e. The molecule has 5 nitrogen and oxygen atoms in total. The largest absolute Gasteiger partial charge is 0.480 e. The first-order valence-electron chi connectivity index (χ1n) is 7.28. The summed E-state index contributed by atoms with van der Waals surface area (Å²) in [6.07, 6.45) is 7.62. The van der Waals surface area contributed by atoms with Crippen LogP contribution in [0, 0.1) is 5.41 Å². The van der Waals surface area contributed by atoms with Gasteiger partial charge in [-0.15, -0.1) is 0 Å². The number of nitrogens with zero attached hydrogens (tertiary/aromatic N) is 1. The number of hydrogen-bond donors (Lipinski definition) is 2. The van der Waals surface area contributed by atoms with Gasteiger partial charge in [0.25, 0.3) is 0 Å². The monoisotopic (exact) mass is 268 g/mol. The van der Waals surface area contributed by atoms with Gasteiger partial charge in [-0.3, -0.25) is 9.59 Å². The Balaban J connectivity index is 2.00. The van der Waals surface area contributed by atoms with Crippen molar-refractivity contribution >= 4 is 11.9 Å². The summed E-state index contributed by atoms with van der Waals surface area (Å²) in [5.74, 6) is -0.935. The van der Waals surface area contributed by atoms with Crippen molar-refractivity contribution in [3.63, 3.8) is 0 Å². The van der Waals surface area contributed by atoms with Crippen LogP contribution < -0.4 is 5.73 Å². The lowest BCUT2D eigenvalue weighted by Gasteiger charge is -2.42. The van der Waals surface area contributed by atoms with Gasteiger partial charge >= 0.3 is 5.97 Å². The third-order valence-corrected chi connectivity index (χ3v) is 4.76. The molecule has 0 aromatic heterocycles. The second-order valence-electron chi connectivity index (χ2n) is 6.09. The molecule has 2 rings (SSSR count). The number of carboxylic acids is 1. The highest BCUT2D eigenvalue weighted by Gasteiger charge is 2.40. The van der Waals surface area contributed by atoms with Crippen LogP contribution in [-0.2, 0) is 9.59 Å². The Morgan fingerprint density at radius 2 is 1.84 bits per heavy atom. The van der Waals surface area contributed by atoms with E-state index in [0.717, 1.165) is 44.9 Å². The summed E-state index contributed by atoms with van der Waals surface area (Å²) in [5, 5.41) is 9.00. The van der Waals surface area contributed by atoms with E-state index in [0.29, 0.717) is 13.0 Å². The number of carbonyl (C=O) groups is 2. The van der Waals surface area contributed by atoms with Crippen molar-refractivity contribution in [2.75, 3.05) is 13.1 Å². The molecule has 5 heteroatoms. The van der Waals surface area contributed by atoms with Crippen molar-refractivity contribution in [2.45, 2.75) is 57.4 Å². The van der Waals surface area contributed by atoms with Crippen molar-refractivity contribution in [2.24, 2.45) is 11.1 Å². The average Bonchev–Trinajstić information content (AvgIpc) is 2.83. The van der Waals surface area contributed by atoms with Gasteiger partial charge in [-0.1, -0.05) is 19.3 Å². The molecule has 1 amide bonds. The van der Waals surface area contributed by atoms with Crippen LogP contribution in [0.2, 0.25) is 0 Å². The van der Waals surface area contributed by atoms with Crippen LogP contribution in [0.4, 0.5) is 0 Å². The summed E-state index contributed by atoms with van der Waals surface area (Å²) in [7, 11) is 0. The Kier molecular flexibility index (Phi) is 4.45. The Bertz CT molecular complexity index is 341.